The van der Waals surface area contributed by atoms with Crippen molar-refractivity contribution >= 4 is 16.0 Å². The number of carbonyl (C=O) groups excluding carboxylic acids is 1. The largest absolute Gasteiger partial charge is 0.469 e. The van der Waals surface area contributed by atoms with Gasteiger partial charge in [-0.25, -0.2) is 17.9 Å². The Morgan fingerprint density at radius 2 is 2.09 bits per heavy atom. The number of hydrogen-bond acceptors (Lipinski definition) is 5. The molecule has 0 saturated carbocycles. The summed E-state index contributed by atoms with van der Waals surface area (Å²) in [4.78, 5) is 11.5. The monoisotopic (exact) mass is 323 g/mol. The highest BCUT2D eigenvalue weighted by atomic mass is 32.2. The summed E-state index contributed by atoms with van der Waals surface area (Å²) in [6, 6.07) is 8.88. The molecular weight excluding hydrogens is 306 g/mol. The summed E-state index contributed by atoms with van der Waals surface area (Å²) in [7, 11) is -2.48. The van der Waals surface area contributed by atoms with Crippen molar-refractivity contribution in [3.63, 3.8) is 0 Å². The molecule has 1 atom stereocenters. The lowest BCUT2D eigenvalue weighted by molar-refractivity contribution is 0.0600. The van der Waals surface area contributed by atoms with Crippen molar-refractivity contribution in [3.8, 4) is 0 Å². The van der Waals surface area contributed by atoms with Crippen LogP contribution in [-0.4, -0.2) is 27.5 Å². The number of hydrogen-bond donors (Lipinski definition) is 1. The second kappa shape index (κ2) is 6.76. The molecule has 0 unspecified atom stereocenters. The highest BCUT2D eigenvalue weighted by molar-refractivity contribution is 7.89. The van der Waals surface area contributed by atoms with Crippen molar-refractivity contribution in [2.24, 2.45) is 0 Å². The van der Waals surface area contributed by atoms with Crippen molar-refractivity contribution in [2.45, 2.75) is 24.3 Å². The Hall–Kier alpha value is -2.12. The Labute approximate surface area is 129 Å². The molecule has 0 saturated heterocycles. The third kappa shape index (κ3) is 3.96. The number of sulfonamides is 1. The van der Waals surface area contributed by atoms with Crippen molar-refractivity contribution in [2.75, 3.05) is 7.11 Å². The lowest BCUT2D eigenvalue weighted by atomic mass is 10.2. The van der Waals surface area contributed by atoms with Gasteiger partial charge in [0.25, 0.3) is 0 Å². The Kier molecular flexibility index (Phi) is 4.99. The smallest absolute Gasteiger partial charge is 0.337 e. The summed E-state index contributed by atoms with van der Waals surface area (Å²) in [6.07, 6.45) is 1.97. The summed E-state index contributed by atoms with van der Waals surface area (Å²) < 4.78 is 37.0. The van der Waals surface area contributed by atoms with Gasteiger partial charge in [-0.2, -0.15) is 0 Å². The van der Waals surface area contributed by atoms with Gasteiger partial charge in [0.2, 0.25) is 10.0 Å². The highest BCUT2D eigenvalue weighted by Gasteiger charge is 2.19. The second-order valence-electron chi connectivity index (χ2n) is 4.83. The van der Waals surface area contributed by atoms with Gasteiger partial charge in [0, 0.05) is 12.5 Å². The molecule has 0 radical (unpaired) electrons. The van der Waals surface area contributed by atoms with E-state index in [0.29, 0.717) is 12.2 Å². The fourth-order valence-corrected chi connectivity index (χ4v) is 3.30. The molecular formula is C15H17NO5S. The molecule has 1 N–H and O–H groups in total. The van der Waals surface area contributed by atoms with Gasteiger partial charge in [0.15, 0.2) is 0 Å². The summed E-state index contributed by atoms with van der Waals surface area (Å²) in [5.74, 6) is 0.110. The number of carbonyl (C=O) groups is 1. The molecule has 1 aromatic heterocycles. The first-order chi connectivity index (χ1) is 10.4. The fourth-order valence-electron chi connectivity index (χ4n) is 2.01. The number of esters is 1. The van der Waals surface area contributed by atoms with Crippen LogP contribution in [0.4, 0.5) is 0 Å². The highest BCUT2D eigenvalue weighted by Crippen LogP contribution is 2.14. The normalized spacial score (nSPS) is 12.8. The van der Waals surface area contributed by atoms with Crippen LogP contribution in [0.3, 0.4) is 0 Å². The minimum atomic E-state index is -3.73. The molecule has 7 heteroatoms. The van der Waals surface area contributed by atoms with E-state index in [1.54, 1.807) is 19.1 Å². The van der Waals surface area contributed by atoms with Gasteiger partial charge in [-0.05, 0) is 37.3 Å². The molecule has 0 amide bonds. The molecule has 0 bridgehead atoms. The lowest BCUT2D eigenvalue weighted by Crippen LogP contribution is -2.34. The van der Waals surface area contributed by atoms with E-state index < -0.39 is 16.0 Å². The Bertz CT molecular complexity index is 737. The van der Waals surface area contributed by atoms with Crippen LogP contribution < -0.4 is 4.72 Å². The number of methoxy groups -OCH3 is 1. The fraction of sp³-hybridized carbons (Fsp3) is 0.267. The predicted octanol–water partition coefficient (Wildman–Crippen LogP) is 1.98. The number of rotatable bonds is 6. The van der Waals surface area contributed by atoms with Crippen LogP contribution in [0.15, 0.2) is 52.0 Å². The number of benzene rings is 1. The molecule has 1 heterocycles. The van der Waals surface area contributed by atoms with Crippen LogP contribution in [0, 0.1) is 0 Å². The molecule has 1 aromatic carbocycles. The first kappa shape index (κ1) is 16.3. The number of ether oxygens (including phenoxy) is 1. The van der Waals surface area contributed by atoms with E-state index in [1.165, 1.54) is 37.6 Å². The van der Waals surface area contributed by atoms with E-state index in [0.717, 1.165) is 0 Å². The molecule has 0 aliphatic carbocycles. The maximum atomic E-state index is 12.3. The summed E-state index contributed by atoms with van der Waals surface area (Å²) in [5, 5.41) is 0. The second-order valence-corrected chi connectivity index (χ2v) is 6.54. The number of furan rings is 1. The van der Waals surface area contributed by atoms with Gasteiger partial charge < -0.3 is 9.15 Å². The first-order valence-corrected chi connectivity index (χ1v) is 8.14. The van der Waals surface area contributed by atoms with Crippen LogP contribution in [0.25, 0.3) is 0 Å². The summed E-state index contributed by atoms with van der Waals surface area (Å²) in [5.41, 5.74) is 0.184. The van der Waals surface area contributed by atoms with Gasteiger partial charge >= 0.3 is 5.97 Å². The van der Waals surface area contributed by atoms with Crippen molar-refractivity contribution in [3.05, 3.63) is 54.0 Å². The van der Waals surface area contributed by atoms with E-state index in [9.17, 15) is 13.2 Å². The molecule has 0 aliphatic rings. The molecule has 6 nitrogen and oxygen atoms in total. The molecule has 2 rings (SSSR count). The van der Waals surface area contributed by atoms with E-state index >= 15 is 0 Å². The Morgan fingerprint density at radius 1 is 1.32 bits per heavy atom. The van der Waals surface area contributed by atoms with E-state index in [2.05, 4.69) is 9.46 Å². The van der Waals surface area contributed by atoms with E-state index in [1.807, 2.05) is 0 Å². The maximum absolute atomic E-state index is 12.3. The molecule has 2 aromatic rings. The van der Waals surface area contributed by atoms with Crippen LogP contribution >= 0.6 is 0 Å². The molecule has 118 valence electrons. The van der Waals surface area contributed by atoms with Gasteiger partial charge in [0.05, 0.1) is 23.8 Å². The average Bonchev–Trinajstić information content (AvgIpc) is 2.98. The maximum Gasteiger partial charge on any atom is 0.337 e. The third-order valence-electron chi connectivity index (χ3n) is 3.01. The first-order valence-electron chi connectivity index (χ1n) is 6.65. The SMILES string of the molecule is COC(=O)c1cccc(S(=O)(=O)N[C@@H](C)Cc2ccco2)c1. The van der Waals surface area contributed by atoms with Gasteiger partial charge in [-0.1, -0.05) is 6.07 Å². The van der Waals surface area contributed by atoms with Crippen LogP contribution in [0.1, 0.15) is 23.0 Å². The summed E-state index contributed by atoms with van der Waals surface area (Å²) in [6.45, 7) is 1.74. The quantitative estimate of drug-likeness (QED) is 0.822. The predicted molar refractivity (Wildman–Crippen MR) is 80.0 cm³/mol. The van der Waals surface area contributed by atoms with Crippen LogP contribution in [0.5, 0.6) is 0 Å². The molecule has 0 aliphatic heterocycles. The van der Waals surface area contributed by atoms with Crippen LogP contribution in [0.2, 0.25) is 0 Å². The van der Waals surface area contributed by atoms with E-state index in [4.69, 9.17) is 4.42 Å². The van der Waals surface area contributed by atoms with E-state index in [-0.39, 0.29) is 16.5 Å². The Morgan fingerprint density at radius 3 is 2.73 bits per heavy atom. The summed E-state index contributed by atoms with van der Waals surface area (Å²) >= 11 is 0. The lowest BCUT2D eigenvalue weighted by Gasteiger charge is -2.13. The molecule has 0 fully saturated rings. The van der Waals surface area contributed by atoms with Crippen molar-refractivity contribution in [1.29, 1.82) is 0 Å². The Balaban J connectivity index is 2.14. The zero-order chi connectivity index (χ0) is 16.2. The van der Waals surface area contributed by atoms with Crippen LogP contribution in [-0.2, 0) is 21.2 Å². The standard InChI is InChI=1S/C15H17NO5S/c1-11(9-13-6-4-8-21-13)16-22(18,19)14-7-3-5-12(10-14)15(17)20-2/h3-8,10-11,16H,9H2,1-2H3/t11-/m0/s1. The average molecular weight is 323 g/mol. The van der Waals surface area contributed by atoms with Gasteiger partial charge in [-0.3, -0.25) is 0 Å². The van der Waals surface area contributed by atoms with Gasteiger partial charge in [0.1, 0.15) is 5.76 Å². The topological polar surface area (TPSA) is 85.6 Å². The third-order valence-corrected chi connectivity index (χ3v) is 4.60. The van der Waals surface area contributed by atoms with Gasteiger partial charge in [-0.15, -0.1) is 0 Å². The zero-order valence-corrected chi connectivity index (χ0v) is 13.1. The van der Waals surface area contributed by atoms with Crippen molar-refractivity contribution < 1.29 is 22.4 Å². The molecule has 22 heavy (non-hydrogen) atoms. The minimum absolute atomic E-state index is 0.0155. The van der Waals surface area contributed by atoms with Crippen molar-refractivity contribution in [1.82, 2.24) is 4.72 Å². The minimum Gasteiger partial charge on any atom is -0.469 e. The number of nitrogens with one attached hydrogen (secondary N) is 1. The zero-order valence-electron chi connectivity index (χ0n) is 12.3. The molecule has 0 spiro atoms.